The number of hydrogen-bond donors (Lipinski definition) is 0. The van der Waals surface area contributed by atoms with E-state index in [9.17, 15) is 9.59 Å². The first kappa shape index (κ1) is 16.8. The van der Waals surface area contributed by atoms with E-state index in [0.29, 0.717) is 17.1 Å². The number of rotatable bonds is 7. The van der Waals surface area contributed by atoms with E-state index in [1.807, 2.05) is 0 Å². The Kier molecular flexibility index (Phi) is 6.52. The number of benzene rings is 1. The molecule has 0 fully saturated rings. The van der Waals surface area contributed by atoms with Crippen molar-refractivity contribution in [1.82, 2.24) is 0 Å². The average Bonchev–Trinajstić information content (AvgIpc) is 2.48. The van der Waals surface area contributed by atoms with Crippen molar-refractivity contribution < 1.29 is 28.5 Å². The zero-order valence-corrected chi connectivity index (χ0v) is 12.7. The summed E-state index contributed by atoms with van der Waals surface area (Å²) in [5.41, 5.74) is 0.384. The van der Waals surface area contributed by atoms with Crippen LogP contribution >= 0.6 is 0 Å². The molecule has 0 heterocycles. The number of carbonyl (C=O) groups is 2. The van der Waals surface area contributed by atoms with Crippen molar-refractivity contribution in [2.45, 2.75) is 19.8 Å². The fourth-order valence-corrected chi connectivity index (χ4v) is 1.86. The van der Waals surface area contributed by atoms with Crippen LogP contribution in [0.3, 0.4) is 0 Å². The van der Waals surface area contributed by atoms with Crippen molar-refractivity contribution in [3.05, 3.63) is 23.8 Å². The summed E-state index contributed by atoms with van der Waals surface area (Å²) in [6.45, 7) is 3.69. The molecule has 0 N–H and O–H groups in total. The lowest BCUT2D eigenvalue weighted by atomic mass is 9.98. The molecule has 0 spiro atoms. The molecule has 0 aliphatic carbocycles. The predicted molar refractivity (Wildman–Crippen MR) is 75.6 cm³/mol. The molecule has 6 nitrogen and oxygen atoms in total. The Hall–Kier alpha value is -2.24. The maximum absolute atomic E-state index is 12.1. The zero-order chi connectivity index (χ0) is 15.8. The van der Waals surface area contributed by atoms with Crippen LogP contribution in [0, 0.1) is 0 Å². The van der Waals surface area contributed by atoms with Crippen LogP contribution in [-0.4, -0.2) is 39.4 Å². The number of hydrogen-bond acceptors (Lipinski definition) is 6. The quantitative estimate of drug-likeness (QED) is 0.565. The third kappa shape index (κ3) is 4.11. The van der Waals surface area contributed by atoms with Gasteiger partial charge in [-0.1, -0.05) is 6.07 Å². The Bertz CT molecular complexity index is 479. The van der Waals surface area contributed by atoms with Crippen molar-refractivity contribution in [2.75, 3.05) is 27.4 Å². The molecule has 0 unspecified atom stereocenters. The Morgan fingerprint density at radius 3 is 2.00 bits per heavy atom. The molecule has 0 aromatic heterocycles. The summed E-state index contributed by atoms with van der Waals surface area (Å²) in [6, 6.07) is 4.83. The molecule has 0 radical (unpaired) electrons. The van der Waals surface area contributed by atoms with Crippen molar-refractivity contribution in [2.24, 2.45) is 0 Å². The first-order chi connectivity index (χ1) is 10.1. The molecule has 0 aliphatic rings. The van der Waals surface area contributed by atoms with Crippen molar-refractivity contribution in [3.63, 3.8) is 0 Å². The largest absolute Gasteiger partial charge is 0.497 e. The van der Waals surface area contributed by atoms with Crippen LogP contribution in [-0.2, 0) is 19.1 Å². The summed E-state index contributed by atoms with van der Waals surface area (Å²) in [6.07, 6.45) is 0. The van der Waals surface area contributed by atoms with Crippen LogP contribution in [0.2, 0.25) is 0 Å². The maximum atomic E-state index is 12.1. The first-order valence-electron chi connectivity index (χ1n) is 6.64. The summed E-state index contributed by atoms with van der Waals surface area (Å²) in [4.78, 5) is 24.1. The smallest absolute Gasteiger partial charge is 0.325 e. The van der Waals surface area contributed by atoms with Crippen molar-refractivity contribution >= 4 is 11.9 Å². The highest BCUT2D eigenvalue weighted by molar-refractivity contribution is 6.01. The molecule has 0 aliphatic heterocycles. The molecule has 1 aromatic rings. The first-order valence-corrected chi connectivity index (χ1v) is 6.64. The molecule has 0 saturated heterocycles. The average molecular weight is 296 g/mol. The van der Waals surface area contributed by atoms with Gasteiger partial charge in [0.1, 0.15) is 11.5 Å². The highest BCUT2D eigenvalue weighted by atomic mass is 16.6. The summed E-state index contributed by atoms with van der Waals surface area (Å²) < 4.78 is 20.2. The van der Waals surface area contributed by atoms with Gasteiger partial charge < -0.3 is 18.9 Å². The van der Waals surface area contributed by atoms with Crippen LogP contribution in [0.15, 0.2) is 18.2 Å². The second-order valence-electron chi connectivity index (χ2n) is 4.04. The minimum atomic E-state index is -1.18. The number of carbonyl (C=O) groups excluding carboxylic acids is 2. The number of ether oxygens (including phenoxy) is 4. The molecule has 21 heavy (non-hydrogen) atoms. The molecule has 0 atom stereocenters. The molecule has 116 valence electrons. The van der Waals surface area contributed by atoms with E-state index in [1.54, 1.807) is 32.0 Å². The van der Waals surface area contributed by atoms with Gasteiger partial charge in [0, 0.05) is 11.6 Å². The third-order valence-electron chi connectivity index (χ3n) is 2.80. The van der Waals surface area contributed by atoms with Crippen molar-refractivity contribution in [3.8, 4) is 11.5 Å². The minimum Gasteiger partial charge on any atom is -0.497 e. The van der Waals surface area contributed by atoms with Crippen LogP contribution < -0.4 is 9.47 Å². The summed E-state index contributed by atoms with van der Waals surface area (Å²) in [7, 11) is 2.97. The van der Waals surface area contributed by atoms with Gasteiger partial charge in [-0.15, -0.1) is 0 Å². The second kappa shape index (κ2) is 8.14. The van der Waals surface area contributed by atoms with Gasteiger partial charge >= 0.3 is 11.9 Å². The maximum Gasteiger partial charge on any atom is 0.325 e. The van der Waals surface area contributed by atoms with E-state index < -0.39 is 17.9 Å². The lowest BCUT2D eigenvalue weighted by Crippen LogP contribution is -2.26. The number of methoxy groups -OCH3 is 2. The Balaban J connectivity index is 3.24. The van der Waals surface area contributed by atoms with Crippen LogP contribution in [0.1, 0.15) is 25.3 Å². The van der Waals surface area contributed by atoms with Gasteiger partial charge in [-0.2, -0.15) is 0 Å². The van der Waals surface area contributed by atoms with E-state index in [2.05, 4.69) is 0 Å². The van der Waals surface area contributed by atoms with Crippen molar-refractivity contribution in [1.29, 1.82) is 0 Å². The van der Waals surface area contributed by atoms with Gasteiger partial charge in [-0.25, -0.2) is 0 Å². The lowest BCUT2D eigenvalue weighted by molar-refractivity contribution is -0.157. The highest BCUT2D eigenvalue weighted by Crippen LogP contribution is 2.32. The van der Waals surface area contributed by atoms with Gasteiger partial charge in [-0.3, -0.25) is 9.59 Å². The summed E-state index contributed by atoms with van der Waals surface area (Å²) in [5, 5.41) is 0. The zero-order valence-electron chi connectivity index (χ0n) is 12.7. The molecule has 1 aromatic carbocycles. The lowest BCUT2D eigenvalue weighted by Gasteiger charge is -2.17. The SMILES string of the molecule is CCOC(=O)C(C(=O)OCC)c1ccc(OC)cc1OC. The molecular formula is C15H20O6. The Labute approximate surface area is 123 Å². The third-order valence-corrected chi connectivity index (χ3v) is 2.80. The fraction of sp³-hybridized carbons (Fsp3) is 0.467. The van der Waals surface area contributed by atoms with Crippen LogP contribution in [0.4, 0.5) is 0 Å². The van der Waals surface area contributed by atoms with Gasteiger partial charge in [0.15, 0.2) is 5.92 Å². The predicted octanol–water partition coefficient (Wildman–Crippen LogP) is 1.91. The monoisotopic (exact) mass is 296 g/mol. The van der Waals surface area contributed by atoms with Crippen LogP contribution in [0.5, 0.6) is 11.5 Å². The number of esters is 2. The van der Waals surface area contributed by atoms with E-state index in [4.69, 9.17) is 18.9 Å². The van der Waals surface area contributed by atoms with Gasteiger partial charge in [0.05, 0.1) is 27.4 Å². The van der Waals surface area contributed by atoms with Gasteiger partial charge in [-0.05, 0) is 19.9 Å². The highest BCUT2D eigenvalue weighted by Gasteiger charge is 2.34. The topological polar surface area (TPSA) is 71.1 Å². The van der Waals surface area contributed by atoms with E-state index in [1.165, 1.54) is 14.2 Å². The molecule has 1 rings (SSSR count). The second-order valence-corrected chi connectivity index (χ2v) is 4.04. The van der Waals surface area contributed by atoms with Crippen LogP contribution in [0.25, 0.3) is 0 Å². The molecular weight excluding hydrogens is 276 g/mol. The fourth-order valence-electron chi connectivity index (χ4n) is 1.86. The molecule has 6 heteroatoms. The molecule has 0 saturated carbocycles. The van der Waals surface area contributed by atoms with E-state index in [-0.39, 0.29) is 13.2 Å². The minimum absolute atomic E-state index is 0.174. The van der Waals surface area contributed by atoms with E-state index >= 15 is 0 Å². The molecule has 0 amide bonds. The Morgan fingerprint density at radius 1 is 1.00 bits per heavy atom. The van der Waals surface area contributed by atoms with Gasteiger partial charge in [0.25, 0.3) is 0 Å². The summed E-state index contributed by atoms with van der Waals surface area (Å²) >= 11 is 0. The summed E-state index contributed by atoms with van der Waals surface area (Å²) in [5.74, 6) is -1.59. The van der Waals surface area contributed by atoms with Gasteiger partial charge in [0.2, 0.25) is 0 Å². The Morgan fingerprint density at radius 2 is 1.57 bits per heavy atom. The standard InChI is InChI=1S/C15H20O6/c1-5-20-14(16)13(15(17)21-6-2)11-8-7-10(18-3)9-12(11)19-4/h7-9,13H,5-6H2,1-4H3. The molecule has 0 bridgehead atoms. The normalized spacial score (nSPS) is 10.1. The van der Waals surface area contributed by atoms with E-state index in [0.717, 1.165) is 0 Å².